The van der Waals surface area contributed by atoms with Crippen LogP contribution in [0.15, 0.2) is 0 Å². The van der Waals surface area contributed by atoms with Crippen LogP contribution < -0.4 is 11.1 Å². The molecular weight excluding hydrogens is 196 g/mol. The summed E-state index contributed by atoms with van der Waals surface area (Å²) in [7, 11) is 1.31. The average molecular weight is 214 g/mol. The van der Waals surface area contributed by atoms with Gasteiger partial charge in [0.15, 0.2) is 0 Å². The molecule has 5 heteroatoms. The molecule has 1 rings (SSSR count). The summed E-state index contributed by atoms with van der Waals surface area (Å²) in [5, 5.41) is 2.80. The highest BCUT2D eigenvalue weighted by molar-refractivity contribution is 5.79. The number of piperidine rings is 1. The predicted molar refractivity (Wildman–Crippen MR) is 55.0 cm³/mol. The Morgan fingerprint density at radius 3 is 3.07 bits per heavy atom. The van der Waals surface area contributed by atoms with Crippen molar-refractivity contribution in [3.63, 3.8) is 0 Å². The van der Waals surface area contributed by atoms with Crippen LogP contribution >= 0.6 is 0 Å². The summed E-state index contributed by atoms with van der Waals surface area (Å²) in [4.78, 5) is 22.4. The largest absolute Gasteiger partial charge is 0.468 e. The molecule has 1 aliphatic heterocycles. The topological polar surface area (TPSA) is 81.4 Å². The molecule has 15 heavy (non-hydrogen) atoms. The molecular formula is C10H18N2O3. The minimum Gasteiger partial charge on any atom is -0.468 e. The van der Waals surface area contributed by atoms with E-state index in [2.05, 4.69) is 10.1 Å². The third-order valence-corrected chi connectivity index (χ3v) is 2.73. The number of rotatable bonds is 4. The fourth-order valence-corrected chi connectivity index (χ4v) is 1.76. The molecule has 0 aromatic carbocycles. The van der Waals surface area contributed by atoms with Gasteiger partial charge in [0.2, 0.25) is 5.91 Å². The van der Waals surface area contributed by atoms with E-state index in [4.69, 9.17) is 5.73 Å². The standard InChI is InChI=1S/C10H18N2O3/c1-15-10(14)8(11)5-4-7-3-2-6-12-9(7)13/h7-8H,2-6,11H2,1H3,(H,12,13)/t7-,8-/m0/s1. The van der Waals surface area contributed by atoms with Crippen molar-refractivity contribution >= 4 is 11.9 Å². The molecule has 0 unspecified atom stereocenters. The molecule has 5 nitrogen and oxygen atoms in total. The number of nitrogens with two attached hydrogens (primary N) is 1. The monoisotopic (exact) mass is 214 g/mol. The fourth-order valence-electron chi connectivity index (χ4n) is 1.76. The Balaban J connectivity index is 2.29. The quantitative estimate of drug-likeness (QED) is 0.635. The summed E-state index contributed by atoms with van der Waals surface area (Å²) >= 11 is 0. The summed E-state index contributed by atoms with van der Waals surface area (Å²) in [6, 6.07) is -0.607. The molecule has 1 fully saturated rings. The first-order valence-electron chi connectivity index (χ1n) is 5.26. The smallest absolute Gasteiger partial charge is 0.322 e. The molecule has 1 heterocycles. The van der Waals surface area contributed by atoms with Crippen molar-refractivity contribution in [1.29, 1.82) is 0 Å². The molecule has 1 aliphatic rings. The van der Waals surface area contributed by atoms with Crippen LogP contribution in [0.4, 0.5) is 0 Å². The number of amides is 1. The Morgan fingerprint density at radius 2 is 2.47 bits per heavy atom. The van der Waals surface area contributed by atoms with Gasteiger partial charge in [-0.15, -0.1) is 0 Å². The first-order chi connectivity index (χ1) is 7.15. The number of hydrogen-bond donors (Lipinski definition) is 2. The number of carbonyl (C=O) groups excluding carboxylic acids is 2. The maximum Gasteiger partial charge on any atom is 0.322 e. The van der Waals surface area contributed by atoms with Crippen LogP contribution in [0.5, 0.6) is 0 Å². The van der Waals surface area contributed by atoms with Crippen molar-refractivity contribution in [3.8, 4) is 0 Å². The zero-order chi connectivity index (χ0) is 11.3. The van der Waals surface area contributed by atoms with Gasteiger partial charge in [0.1, 0.15) is 6.04 Å². The Kier molecular flexibility index (Phi) is 4.55. The molecule has 0 bridgehead atoms. The summed E-state index contributed by atoms with van der Waals surface area (Å²) in [6.07, 6.45) is 3.05. The van der Waals surface area contributed by atoms with Crippen LogP contribution in [-0.4, -0.2) is 31.6 Å². The first-order valence-corrected chi connectivity index (χ1v) is 5.26. The fraction of sp³-hybridized carbons (Fsp3) is 0.800. The Hall–Kier alpha value is -1.10. The van der Waals surface area contributed by atoms with E-state index in [9.17, 15) is 9.59 Å². The molecule has 2 atom stereocenters. The Labute approximate surface area is 89.3 Å². The van der Waals surface area contributed by atoms with E-state index in [0.717, 1.165) is 19.4 Å². The van der Waals surface area contributed by atoms with Gasteiger partial charge in [0.25, 0.3) is 0 Å². The van der Waals surface area contributed by atoms with Gasteiger partial charge in [-0.25, -0.2) is 0 Å². The molecule has 1 amide bonds. The van der Waals surface area contributed by atoms with E-state index in [-0.39, 0.29) is 11.8 Å². The van der Waals surface area contributed by atoms with Crippen molar-refractivity contribution in [3.05, 3.63) is 0 Å². The van der Waals surface area contributed by atoms with Gasteiger partial charge in [-0.1, -0.05) is 0 Å². The van der Waals surface area contributed by atoms with Crippen molar-refractivity contribution in [2.45, 2.75) is 31.7 Å². The average Bonchev–Trinajstić information content (AvgIpc) is 2.26. The maximum absolute atomic E-state index is 11.4. The number of hydrogen-bond acceptors (Lipinski definition) is 4. The number of esters is 1. The van der Waals surface area contributed by atoms with Gasteiger partial charge in [-0.2, -0.15) is 0 Å². The van der Waals surface area contributed by atoms with E-state index in [1.807, 2.05) is 0 Å². The van der Waals surface area contributed by atoms with E-state index in [1.165, 1.54) is 7.11 Å². The molecule has 3 N–H and O–H groups in total. The number of methoxy groups -OCH3 is 1. The Morgan fingerprint density at radius 1 is 1.73 bits per heavy atom. The highest BCUT2D eigenvalue weighted by atomic mass is 16.5. The van der Waals surface area contributed by atoms with Gasteiger partial charge < -0.3 is 15.8 Å². The van der Waals surface area contributed by atoms with Crippen LogP contribution in [0.3, 0.4) is 0 Å². The van der Waals surface area contributed by atoms with Gasteiger partial charge in [0.05, 0.1) is 7.11 Å². The van der Waals surface area contributed by atoms with Gasteiger partial charge in [-0.05, 0) is 25.7 Å². The molecule has 0 radical (unpaired) electrons. The second-order valence-corrected chi connectivity index (χ2v) is 3.84. The van der Waals surface area contributed by atoms with Crippen molar-refractivity contribution in [2.75, 3.05) is 13.7 Å². The predicted octanol–water partition coefficient (Wildman–Crippen LogP) is -0.207. The van der Waals surface area contributed by atoms with Crippen LogP contribution in [0, 0.1) is 5.92 Å². The van der Waals surface area contributed by atoms with E-state index < -0.39 is 12.0 Å². The first kappa shape index (κ1) is 12.0. The van der Waals surface area contributed by atoms with E-state index >= 15 is 0 Å². The number of ether oxygens (including phenoxy) is 1. The second kappa shape index (κ2) is 5.70. The van der Waals surface area contributed by atoms with E-state index in [0.29, 0.717) is 12.8 Å². The third kappa shape index (κ3) is 3.51. The van der Waals surface area contributed by atoms with Crippen LogP contribution in [0.25, 0.3) is 0 Å². The van der Waals surface area contributed by atoms with Gasteiger partial charge >= 0.3 is 5.97 Å². The highest BCUT2D eigenvalue weighted by Crippen LogP contribution is 2.17. The second-order valence-electron chi connectivity index (χ2n) is 3.84. The summed E-state index contributed by atoms with van der Waals surface area (Å²) in [5.41, 5.74) is 5.58. The molecule has 0 saturated carbocycles. The zero-order valence-corrected chi connectivity index (χ0v) is 8.99. The van der Waals surface area contributed by atoms with Crippen molar-refractivity contribution in [1.82, 2.24) is 5.32 Å². The van der Waals surface area contributed by atoms with Crippen molar-refractivity contribution < 1.29 is 14.3 Å². The van der Waals surface area contributed by atoms with Crippen molar-refractivity contribution in [2.24, 2.45) is 11.7 Å². The normalized spacial score (nSPS) is 23.1. The minimum atomic E-state index is -0.607. The molecule has 0 spiro atoms. The summed E-state index contributed by atoms with van der Waals surface area (Å²) in [5.74, 6) is -0.320. The molecule has 86 valence electrons. The number of carbonyl (C=O) groups is 2. The van der Waals surface area contributed by atoms with Gasteiger partial charge in [0, 0.05) is 12.5 Å². The van der Waals surface area contributed by atoms with Crippen LogP contribution in [0.1, 0.15) is 25.7 Å². The molecule has 1 saturated heterocycles. The molecule has 0 aromatic heterocycles. The van der Waals surface area contributed by atoms with Crippen LogP contribution in [-0.2, 0) is 14.3 Å². The van der Waals surface area contributed by atoms with Gasteiger partial charge in [-0.3, -0.25) is 9.59 Å². The summed E-state index contributed by atoms with van der Waals surface area (Å²) in [6.45, 7) is 0.762. The minimum absolute atomic E-state index is 0.00876. The lowest BCUT2D eigenvalue weighted by atomic mass is 9.92. The third-order valence-electron chi connectivity index (χ3n) is 2.73. The molecule has 0 aliphatic carbocycles. The van der Waals surface area contributed by atoms with E-state index in [1.54, 1.807) is 0 Å². The molecule has 0 aromatic rings. The van der Waals surface area contributed by atoms with Crippen LogP contribution in [0.2, 0.25) is 0 Å². The number of nitrogens with one attached hydrogen (secondary N) is 1. The zero-order valence-electron chi connectivity index (χ0n) is 8.99. The summed E-state index contributed by atoms with van der Waals surface area (Å²) < 4.78 is 4.51. The lowest BCUT2D eigenvalue weighted by molar-refractivity contribution is -0.142. The highest BCUT2D eigenvalue weighted by Gasteiger charge is 2.23. The lowest BCUT2D eigenvalue weighted by Gasteiger charge is -2.22. The Bertz CT molecular complexity index is 243. The lowest BCUT2D eigenvalue weighted by Crippen LogP contribution is -2.38. The maximum atomic E-state index is 11.4. The SMILES string of the molecule is COC(=O)[C@@H](N)CC[C@@H]1CCCNC1=O.